The Kier molecular flexibility index (Phi) is 3.14. The Labute approximate surface area is 117 Å². The smallest absolute Gasteiger partial charge is 0.205 e. The van der Waals surface area contributed by atoms with Gasteiger partial charge in [-0.1, -0.05) is 18.2 Å². The summed E-state index contributed by atoms with van der Waals surface area (Å²) >= 11 is 1.49. The van der Waals surface area contributed by atoms with E-state index in [0.717, 1.165) is 24.0 Å². The molecule has 1 aromatic heterocycles. The maximum atomic E-state index is 4.54. The molecule has 0 bridgehead atoms. The first-order chi connectivity index (χ1) is 9.15. The third-order valence-electron chi connectivity index (χ3n) is 3.58. The Morgan fingerprint density at radius 1 is 1.32 bits per heavy atom. The Balaban J connectivity index is 1.99. The number of rotatable bonds is 1. The van der Waals surface area contributed by atoms with Gasteiger partial charge in [0.25, 0.3) is 0 Å². The molecule has 0 saturated heterocycles. The third-order valence-corrected chi connectivity index (χ3v) is 4.42. The summed E-state index contributed by atoms with van der Waals surface area (Å²) < 4.78 is 4.31. The second-order valence-electron chi connectivity index (χ2n) is 5.11. The van der Waals surface area contributed by atoms with Gasteiger partial charge in [0.2, 0.25) is 5.13 Å². The summed E-state index contributed by atoms with van der Waals surface area (Å²) in [6, 6.07) is 9.02. The van der Waals surface area contributed by atoms with E-state index in [0.29, 0.717) is 6.04 Å². The molecule has 1 atom stereocenters. The van der Waals surface area contributed by atoms with Crippen LogP contribution in [0.25, 0.3) is 0 Å². The minimum Gasteiger partial charge on any atom is -0.372 e. The third kappa shape index (κ3) is 2.30. The number of benzene rings is 1. The van der Waals surface area contributed by atoms with Crippen molar-refractivity contribution in [2.24, 2.45) is 0 Å². The highest BCUT2D eigenvalue weighted by atomic mass is 32.1. The van der Waals surface area contributed by atoms with E-state index in [-0.39, 0.29) is 0 Å². The van der Waals surface area contributed by atoms with Crippen LogP contribution in [0.3, 0.4) is 0 Å². The Morgan fingerprint density at radius 3 is 2.84 bits per heavy atom. The van der Waals surface area contributed by atoms with Crippen molar-refractivity contribution < 1.29 is 0 Å². The van der Waals surface area contributed by atoms with Crippen LogP contribution in [-0.4, -0.2) is 29.0 Å². The highest BCUT2D eigenvalue weighted by Gasteiger charge is 2.25. The number of hydrogen-bond acceptors (Lipinski definition) is 5. The van der Waals surface area contributed by atoms with Crippen LogP contribution in [0.4, 0.5) is 10.8 Å². The highest BCUT2D eigenvalue weighted by Crippen LogP contribution is 2.30. The predicted octanol–water partition coefficient (Wildman–Crippen LogP) is 2.69. The van der Waals surface area contributed by atoms with Crippen molar-refractivity contribution in [3.8, 4) is 0 Å². The SMILES string of the molecule is Cc1nsc(N2Cc3ccccc3N(C)CC2C)n1. The molecular formula is C14H18N4S. The highest BCUT2D eigenvalue weighted by molar-refractivity contribution is 7.09. The summed E-state index contributed by atoms with van der Waals surface area (Å²) in [5.41, 5.74) is 2.67. The number of anilines is 2. The van der Waals surface area contributed by atoms with Crippen molar-refractivity contribution in [2.75, 3.05) is 23.4 Å². The Hall–Kier alpha value is -1.62. The van der Waals surface area contributed by atoms with Crippen LogP contribution < -0.4 is 9.80 Å². The minimum absolute atomic E-state index is 0.421. The van der Waals surface area contributed by atoms with E-state index in [1.807, 2.05) is 6.92 Å². The van der Waals surface area contributed by atoms with E-state index in [1.54, 1.807) is 0 Å². The number of hydrogen-bond donors (Lipinski definition) is 0. The van der Waals surface area contributed by atoms with E-state index in [1.165, 1.54) is 22.8 Å². The molecule has 0 fully saturated rings. The molecule has 2 aromatic rings. The topological polar surface area (TPSA) is 32.3 Å². The second-order valence-corrected chi connectivity index (χ2v) is 5.84. The molecule has 0 amide bonds. The van der Waals surface area contributed by atoms with Gasteiger partial charge in [-0.2, -0.15) is 4.37 Å². The summed E-state index contributed by atoms with van der Waals surface area (Å²) in [5.74, 6) is 0.859. The average molecular weight is 274 g/mol. The van der Waals surface area contributed by atoms with Gasteiger partial charge in [0, 0.05) is 43.4 Å². The quantitative estimate of drug-likeness (QED) is 0.800. The fourth-order valence-electron chi connectivity index (χ4n) is 2.61. The number of para-hydroxylation sites is 1. The summed E-state index contributed by atoms with van der Waals surface area (Å²) in [6.45, 7) is 6.09. The molecule has 19 heavy (non-hydrogen) atoms. The predicted molar refractivity (Wildman–Crippen MR) is 80.0 cm³/mol. The van der Waals surface area contributed by atoms with Crippen LogP contribution in [0.1, 0.15) is 18.3 Å². The summed E-state index contributed by atoms with van der Waals surface area (Å²) in [7, 11) is 2.16. The van der Waals surface area contributed by atoms with Crippen LogP contribution in [0.2, 0.25) is 0 Å². The fraction of sp³-hybridized carbons (Fsp3) is 0.429. The lowest BCUT2D eigenvalue weighted by atomic mass is 10.1. The molecule has 1 unspecified atom stereocenters. The first-order valence-corrected chi connectivity index (χ1v) is 7.28. The first kappa shape index (κ1) is 12.4. The molecule has 4 nitrogen and oxygen atoms in total. The summed E-state index contributed by atoms with van der Waals surface area (Å²) in [6.07, 6.45) is 0. The molecule has 0 saturated carbocycles. The number of likely N-dealkylation sites (N-methyl/N-ethyl adjacent to an activating group) is 1. The Morgan fingerprint density at radius 2 is 2.11 bits per heavy atom. The van der Waals surface area contributed by atoms with Crippen molar-refractivity contribution in [1.29, 1.82) is 0 Å². The maximum absolute atomic E-state index is 4.54. The molecule has 5 heteroatoms. The van der Waals surface area contributed by atoms with Gasteiger partial charge in [-0.3, -0.25) is 0 Å². The normalized spacial score (nSPS) is 19.2. The van der Waals surface area contributed by atoms with Crippen molar-refractivity contribution in [3.63, 3.8) is 0 Å². The van der Waals surface area contributed by atoms with Gasteiger partial charge < -0.3 is 9.80 Å². The van der Waals surface area contributed by atoms with Crippen LogP contribution in [0, 0.1) is 6.92 Å². The molecule has 1 aromatic carbocycles. The largest absolute Gasteiger partial charge is 0.372 e. The molecule has 0 aliphatic carbocycles. The molecule has 1 aliphatic rings. The van der Waals surface area contributed by atoms with Gasteiger partial charge in [-0.15, -0.1) is 0 Å². The molecule has 0 spiro atoms. The van der Waals surface area contributed by atoms with Crippen LogP contribution in [-0.2, 0) is 6.54 Å². The average Bonchev–Trinajstić information content (AvgIpc) is 2.77. The number of nitrogens with zero attached hydrogens (tertiary/aromatic N) is 4. The molecule has 2 heterocycles. The fourth-order valence-corrected chi connectivity index (χ4v) is 3.39. The Bertz CT molecular complexity index is 580. The molecule has 1 aliphatic heterocycles. The van der Waals surface area contributed by atoms with Crippen molar-refractivity contribution in [3.05, 3.63) is 35.7 Å². The minimum atomic E-state index is 0.421. The van der Waals surface area contributed by atoms with Gasteiger partial charge in [0.15, 0.2) is 0 Å². The van der Waals surface area contributed by atoms with Gasteiger partial charge in [0.05, 0.1) is 0 Å². The zero-order chi connectivity index (χ0) is 13.4. The number of aromatic nitrogens is 2. The molecule has 3 rings (SSSR count). The van der Waals surface area contributed by atoms with Crippen LogP contribution >= 0.6 is 11.5 Å². The zero-order valence-corrected chi connectivity index (χ0v) is 12.3. The number of aryl methyl sites for hydroxylation is 1. The lowest BCUT2D eigenvalue weighted by Crippen LogP contribution is -2.38. The van der Waals surface area contributed by atoms with Gasteiger partial charge >= 0.3 is 0 Å². The maximum Gasteiger partial charge on any atom is 0.205 e. The van der Waals surface area contributed by atoms with E-state index in [4.69, 9.17) is 0 Å². The van der Waals surface area contributed by atoms with E-state index in [9.17, 15) is 0 Å². The molecular weight excluding hydrogens is 256 g/mol. The van der Waals surface area contributed by atoms with Crippen molar-refractivity contribution in [2.45, 2.75) is 26.4 Å². The van der Waals surface area contributed by atoms with Crippen molar-refractivity contribution >= 4 is 22.4 Å². The number of fused-ring (bicyclic) bond motifs is 1. The van der Waals surface area contributed by atoms with Gasteiger partial charge in [-0.05, 0) is 25.5 Å². The zero-order valence-electron chi connectivity index (χ0n) is 11.5. The lowest BCUT2D eigenvalue weighted by Gasteiger charge is -2.27. The van der Waals surface area contributed by atoms with E-state index < -0.39 is 0 Å². The second kappa shape index (κ2) is 4.81. The van der Waals surface area contributed by atoms with Gasteiger partial charge in [-0.25, -0.2) is 4.98 Å². The summed E-state index contributed by atoms with van der Waals surface area (Å²) in [4.78, 5) is 9.22. The molecule has 0 radical (unpaired) electrons. The van der Waals surface area contributed by atoms with E-state index in [2.05, 4.69) is 57.4 Å². The van der Waals surface area contributed by atoms with Crippen molar-refractivity contribution in [1.82, 2.24) is 9.36 Å². The van der Waals surface area contributed by atoms with Crippen LogP contribution in [0.5, 0.6) is 0 Å². The lowest BCUT2D eigenvalue weighted by molar-refractivity contribution is 0.641. The summed E-state index contributed by atoms with van der Waals surface area (Å²) in [5, 5.41) is 1.02. The van der Waals surface area contributed by atoms with Gasteiger partial charge in [0.1, 0.15) is 5.82 Å². The molecule has 100 valence electrons. The first-order valence-electron chi connectivity index (χ1n) is 6.51. The monoisotopic (exact) mass is 274 g/mol. The van der Waals surface area contributed by atoms with E-state index >= 15 is 0 Å². The van der Waals surface area contributed by atoms with Crippen LogP contribution in [0.15, 0.2) is 24.3 Å². The standard InChI is InChI=1S/C14H18N4S/c1-10-8-17(3)13-7-5-4-6-12(13)9-18(10)14-15-11(2)16-19-14/h4-7,10H,8-9H2,1-3H3. The molecule has 0 N–H and O–H groups in total.